The SMILES string of the molecule is COc1ccccc1OCC(=O)NCC1(C(=O)O)CCCCC1. The molecule has 1 fully saturated rings. The molecule has 0 heterocycles. The summed E-state index contributed by atoms with van der Waals surface area (Å²) in [5.74, 6) is -0.129. The van der Waals surface area contributed by atoms with E-state index in [2.05, 4.69) is 5.32 Å². The minimum Gasteiger partial charge on any atom is -0.493 e. The predicted molar refractivity (Wildman–Crippen MR) is 84.7 cm³/mol. The second-order valence-corrected chi connectivity index (χ2v) is 5.86. The highest BCUT2D eigenvalue weighted by Crippen LogP contribution is 2.36. The maximum absolute atomic E-state index is 12.0. The van der Waals surface area contributed by atoms with Crippen LogP contribution in [0.15, 0.2) is 24.3 Å². The lowest BCUT2D eigenvalue weighted by molar-refractivity contribution is -0.151. The van der Waals surface area contributed by atoms with Crippen molar-refractivity contribution in [2.24, 2.45) is 5.41 Å². The Kier molecular flexibility index (Phi) is 5.84. The molecule has 0 atom stereocenters. The maximum Gasteiger partial charge on any atom is 0.311 e. The highest BCUT2D eigenvalue weighted by Gasteiger charge is 2.39. The average molecular weight is 321 g/mol. The highest BCUT2D eigenvalue weighted by atomic mass is 16.5. The van der Waals surface area contributed by atoms with Gasteiger partial charge in [0.25, 0.3) is 5.91 Å². The molecule has 0 spiro atoms. The Labute approximate surface area is 135 Å². The molecule has 2 N–H and O–H groups in total. The van der Waals surface area contributed by atoms with Crippen LogP contribution in [-0.2, 0) is 9.59 Å². The number of carbonyl (C=O) groups is 2. The van der Waals surface area contributed by atoms with Crippen molar-refractivity contribution in [2.45, 2.75) is 32.1 Å². The zero-order valence-electron chi connectivity index (χ0n) is 13.3. The topological polar surface area (TPSA) is 84.9 Å². The van der Waals surface area contributed by atoms with E-state index >= 15 is 0 Å². The van der Waals surface area contributed by atoms with E-state index in [0.29, 0.717) is 24.3 Å². The first-order valence-corrected chi connectivity index (χ1v) is 7.83. The average Bonchev–Trinajstić information content (AvgIpc) is 2.59. The Morgan fingerprint density at radius 2 is 1.83 bits per heavy atom. The molecule has 1 aliphatic carbocycles. The lowest BCUT2D eigenvalue weighted by atomic mass is 9.74. The molecule has 0 aliphatic heterocycles. The van der Waals surface area contributed by atoms with Crippen molar-refractivity contribution < 1.29 is 24.2 Å². The Morgan fingerprint density at radius 3 is 2.43 bits per heavy atom. The number of ether oxygens (including phenoxy) is 2. The second kappa shape index (κ2) is 7.85. The molecule has 0 radical (unpaired) electrons. The number of carboxylic acid groups (broad SMARTS) is 1. The van der Waals surface area contributed by atoms with Gasteiger partial charge in [-0.25, -0.2) is 0 Å². The fourth-order valence-electron chi connectivity index (χ4n) is 2.89. The second-order valence-electron chi connectivity index (χ2n) is 5.86. The summed E-state index contributed by atoms with van der Waals surface area (Å²) in [5, 5.41) is 12.2. The van der Waals surface area contributed by atoms with E-state index in [1.807, 2.05) is 6.07 Å². The number of carbonyl (C=O) groups excluding carboxylic acids is 1. The molecule has 1 aromatic rings. The van der Waals surface area contributed by atoms with Gasteiger partial charge in [-0.1, -0.05) is 31.4 Å². The van der Waals surface area contributed by atoms with E-state index in [9.17, 15) is 14.7 Å². The van der Waals surface area contributed by atoms with Crippen LogP contribution in [0.4, 0.5) is 0 Å². The monoisotopic (exact) mass is 321 g/mol. The van der Waals surface area contributed by atoms with Crippen molar-refractivity contribution in [1.82, 2.24) is 5.32 Å². The van der Waals surface area contributed by atoms with E-state index in [1.54, 1.807) is 18.2 Å². The molecule has 126 valence electrons. The van der Waals surface area contributed by atoms with Gasteiger partial charge in [0, 0.05) is 6.54 Å². The number of aliphatic carboxylic acids is 1. The largest absolute Gasteiger partial charge is 0.493 e. The van der Waals surface area contributed by atoms with Crippen LogP contribution in [0.25, 0.3) is 0 Å². The van der Waals surface area contributed by atoms with Gasteiger partial charge in [-0.15, -0.1) is 0 Å². The van der Waals surface area contributed by atoms with Crippen LogP contribution in [0.2, 0.25) is 0 Å². The highest BCUT2D eigenvalue weighted by molar-refractivity contribution is 5.80. The predicted octanol–water partition coefficient (Wildman–Crippen LogP) is 2.23. The van der Waals surface area contributed by atoms with Gasteiger partial charge >= 0.3 is 5.97 Å². The van der Waals surface area contributed by atoms with Crippen LogP contribution in [0.1, 0.15) is 32.1 Å². The van der Waals surface area contributed by atoms with Gasteiger partial charge in [0.05, 0.1) is 12.5 Å². The fourth-order valence-corrected chi connectivity index (χ4v) is 2.89. The number of hydrogen-bond donors (Lipinski definition) is 2. The van der Waals surface area contributed by atoms with Crippen molar-refractivity contribution in [3.63, 3.8) is 0 Å². The third kappa shape index (κ3) is 4.37. The summed E-state index contributed by atoms with van der Waals surface area (Å²) in [4.78, 5) is 23.5. The molecule has 6 nitrogen and oxygen atoms in total. The number of amides is 1. The van der Waals surface area contributed by atoms with Gasteiger partial charge in [-0.05, 0) is 25.0 Å². The molecule has 6 heteroatoms. The summed E-state index contributed by atoms with van der Waals surface area (Å²) in [6.07, 6.45) is 4.05. The summed E-state index contributed by atoms with van der Waals surface area (Å²) in [6, 6.07) is 7.06. The summed E-state index contributed by atoms with van der Waals surface area (Å²) in [5.41, 5.74) is -0.835. The van der Waals surface area contributed by atoms with Crippen LogP contribution >= 0.6 is 0 Å². The zero-order valence-corrected chi connectivity index (χ0v) is 13.3. The number of hydrogen-bond acceptors (Lipinski definition) is 4. The number of nitrogens with one attached hydrogen (secondary N) is 1. The third-order valence-electron chi connectivity index (χ3n) is 4.32. The van der Waals surface area contributed by atoms with Crippen LogP contribution in [-0.4, -0.2) is 37.2 Å². The quantitative estimate of drug-likeness (QED) is 0.804. The molecule has 1 aliphatic rings. The van der Waals surface area contributed by atoms with E-state index < -0.39 is 11.4 Å². The van der Waals surface area contributed by atoms with Crippen LogP contribution in [0, 0.1) is 5.41 Å². The first-order valence-electron chi connectivity index (χ1n) is 7.83. The Bertz CT molecular complexity index is 552. The molecule has 0 unspecified atom stereocenters. The first-order chi connectivity index (χ1) is 11.1. The van der Waals surface area contributed by atoms with E-state index in [-0.39, 0.29) is 19.1 Å². The lowest BCUT2D eigenvalue weighted by Gasteiger charge is -2.33. The molecule has 0 saturated heterocycles. The van der Waals surface area contributed by atoms with Gasteiger partial charge in [-0.3, -0.25) is 9.59 Å². The van der Waals surface area contributed by atoms with Gasteiger partial charge in [0.15, 0.2) is 18.1 Å². The molecule has 2 rings (SSSR count). The summed E-state index contributed by atoms with van der Waals surface area (Å²) < 4.78 is 10.6. The Hall–Kier alpha value is -2.24. The Balaban J connectivity index is 1.86. The molecule has 1 saturated carbocycles. The lowest BCUT2D eigenvalue weighted by Crippen LogP contribution is -2.45. The van der Waals surface area contributed by atoms with Gasteiger partial charge in [-0.2, -0.15) is 0 Å². The van der Waals surface area contributed by atoms with E-state index in [1.165, 1.54) is 7.11 Å². The fraction of sp³-hybridized carbons (Fsp3) is 0.529. The number of rotatable bonds is 7. The molecule has 0 bridgehead atoms. The maximum atomic E-state index is 12.0. The van der Waals surface area contributed by atoms with Crippen molar-refractivity contribution in [1.29, 1.82) is 0 Å². The minimum atomic E-state index is -0.835. The zero-order chi connectivity index (χ0) is 16.7. The summed E-state index contributed by atoms with van der Waals surface area (Å²) >= 11 is 0. The van der Waals surface area contributed by atoms with E-state index in [4.69, 9.17) is 9.47 Å². The van der Waals surface area contributed by atoms with Crippen molar-refractivity contribution in [3.05, 3.63) is 24.3 Å². The normalized spacial score (nSPS) is 16.4. The minimum absolute atomic E-state index is 0.149. The molecule has 0 aromatic heterocycles. The number of para-hydroxylation sites is 2. The van der Waals surface area contributed by atoms with E-state index in [0.717, 1.165) is 19.3 Å². The van der Waals surface area contributed by atoms with Crippen molar-refractivity contribution in [3.8, 4) is 11.5 Å². The Morgan fingerprint density at radius 1 is 1.17 bits per heavy atom. The van der Waals surface area contributed by atoms with Gasteiger partial charge in [0.2, 0.25) is 0 Å². The summed E-state index contributed by atoms with van der Waals surface area (Å²) in [7, 11) is 1.53. The van der Waals surface area contributed by atoms with Crippen LogP contribution in [0.3, 0.4) is 0 Å². The van der Waals surface area contributed by atoms with Gasteiger partial charge < -0.3 is 19.9 Å². The van der Waals surface area contributed by atoms with Crippen molar-refractivity contribution >= 4 is 11.9 Å². The summed E-state index contributed by atoms with van der Waals surface area (Å²) in [6.45, 7) is -0.0213. The number of benzene rings is 1. The van der Waals surface area contributed by atoms with Gasteiger partial charge in [0.1, 0.15) is 0 Å². The van der Waals surface area contributed by atoms with Crippen molar-refractivity contribution in [2.75, 3.05) is 20.3 Å². The smallest absolute Gasteiger partial charge is 0.311 e. The third-order valence-corrected chi connectivity index (χ3v) is 4.32. The standard InChI is InChI=1S/C17H23NO5/c1-22-13-7-3-4-8-14(13)23-11-15(19)18-12-17(16(20)21)9-5-2-6-10-17/h3-4,7-8H,2,5-6,9-12H2,1H3,(H,18,19)(H,20,21). The van der Waals surface area contributed by atoms with Crippen LogP contribution in [0.5, 0.6) is 11.5 Å². The molecule has 1 aromatic carbocycles. The van der Waals surface area contributed by atoms with Crippen LogP contribution < -0.4 is 14.8 Å². The molecule has 1 amide bonds. The molecular weight excluding hydrogens is 298 g/mol. The molecular formula is C17H23NO5. The number of methoxy groups -OCH3 is 1. The first kappa shape index (κ1) is 17.1. The number of carboxylic acids is 1. The molecule has 23 heavy (non-hydrogen) atoms.